The van der Waals surface area contributed by atoms with Crippen molar-refractivity contribution in [2.75, 3.05) is 18.0 Å². The van der Waals surface area contributed by atoms with Crippen molar-refractivity contribution in [1.82, 2.24) is 14.8 Å². The first-order chi connectivity index (χ1) is 12.2. The molecule has 1 saturated carbocycles. The van der Waals surface area contributed by atoms with Crippen molar-refractivity contribution < 1.29 is 23.8 Å². The minimum absolute atomic E-state index is 0.0292. The summed E-state index contributed by atoms with van der Waals surface area (Å²) in [5.41, 5.74) is 1.23. The molecule has 7 nitrogen and oxygen atoms in total. The van der Waals surface area contributed by atoms with Crippen LogP contribution in [0, 0.1) is 18.8 Å². The van der Waals surface area contributed by atoms with Crippen LogP contribution in [0.5, 0.6) is 0 Å². The zero-order chi connectivity index (χ0) is 18.8. The summed E-state index contributed by atoms with van der Waals surface area (Å²) in [6.45, 7) is 2.29. The standard InChI is InChI=1S/C17H18F2N4O3/c1-8-9(15(24)12-5-13(16(25)26)22(2)21-12)3-4-14(20-8)23-6-10-11(7-23)17(10,18)19/h3-5,10-11,15,24H,6-7H2,1-2H3,(H,25,26). The summed E-state index contributed by atoms with van der Waals surface area (Å²) in [4.78, 5) is 17.4. The van der Waals surface area contributed by atoms with Crippen LogP contribution in [0.25, 0.3) is 0 Å². The number of halogens is 2. The molecule has 0 amide bonds. The van der Waals surface area contributed by atoms with Gasteiger partial charge in [0.1, 0.15) is 17.6 Å². The van der Waals surface area contributed by atoms with E-state index >= 15 is 0 Å². The predicted octanol–water partition coefficient (Wildman–Crippen LogP) is 1.60. The van der Waals surface area contributed by atoms with Gasteiger partial charge in [-0.05, 0) is 19.1 Å². The van der Waals surface area contributed by atoms with Crippen molar-refractivity contribution in [2.45, 2.75) is 19.0 Å². The van der Waals surface area contributed by atoms with Crippen molar-refractivity contribution in [3.63, 3.8) is 0 Å². The SMILES string of the molecule is Cc1nc(N2CC3C(C2)C3(F)F)ccc1C(O)c1cc(C(=O)O)n(C)n1. The number of carboxylic acid groups (broad SMARTS) is 1. The van der Waals surface area contributed by atoms with E-state index in [1.165, 1.54) is 17.8 Å². The zero-order valence-electron chi connectivity index (χ0n) is 14.2. The topological polar surface area (TPSA) is 91.5 Å². The molecule has 1 aliphatic heterocycles. The molecule has 1 aliphatic carbocycles. The Bertz CT molecular complexity index is 884. The lowest BCUT2D eigenvalue weighted by atomic mass is 10.0. The Hall–Kier alpha value is -2.55. The van der Waals surface area contributed by atoms with Crippen LogP contribution in [-0.2, 0) is 7.05 Å². The number of hydrogen-bond donors (Lipinski definition) is 2. The number of hydrogen-bond acceptors (Lipinski definition) is 5. The smallest absolute Gasteiger partial charge is 0.354 e. The molecule has 0 radical (unpaired) electrons. The van der Waals surface area contributed by atoms with Crippen LogP contribution in [-0.4, -0.2) is 50.0 Å². The van der Waals surface area contributed by atoms with Gasteiger partial charge in [-0.25, -0.2) is 18.6 Å². The highest BCUT2D eigenvalue weighted by Crippen LogP contribution is 2.59. The highest BCUT2D eigenvalue weighted by atomic mass is 19.3. The van der Waals surface area contributed by atoms with Crippen LogP contribution in [0.1, 0.15) is 33.5 Å². The largest absolute Gasteiger partial charge is 0.477 e. The summed E-state index contributed by atoms with van der Waals surface area (Å²) in [7, 11) is 1.49. The van der Waals surface area contributed by atoms with Crippen LogP contribution in [0.3, 0.4) is 0 Å². The van der Waals surface area contributed by atoms with E-state index < -0.39 is 29.8 Å². The molecule has 3 atom stereocenters. The highest BCUT2D eigenvalue weighted by Gasteiger charge is 2.71. The molecule has 26 heavy (non-hydrogen) atoms. The third kappa shape index (κ3) is 2.45. The van der Waals surface area contributed by atoms with Gasteiger partial charge in [-0.2, -0.15) is 5.10 Å². The average molecular weight is 364 g/mol. The molecule has 2 N–H and O–H groups in total. The summed E-state index contributed by atoms with van der Waals surface area (Å²) >= 11 is 0. The monoisotopic (exact) mass is 364 g/mol. The lowest BCUT2D eigenvalue weighted by Gasteiger charge is -2.22. The van der Waals surface area contributed by atoms with Crippen LogP contribution in [0.4, 0.5) is 14.6 Å². The van der Waals surface area contributed by atoms with Crippen molar-refractivity contribution in [2.24, 2.45) is 18.9 Å². The molecule has 0 bridgehead atoms. The van der Waals surface area contributed by atoms with Crippen molar-refractivity contribution in [1.29, 1.82) is 0 Å². The molecule has 3 heterocycles. The summed E-state index contributed by atoms with van der Waals surface area (Å²) in [6.07, 6.45) is -1.12. The predicted molar refractivity (Wildman–Crippen MR) is 87.3 cm³/mol. The number of aryl methyl sites for hydroxylation is 2. The molecule has 9 heteroatoms. The Kier molecular flexibility index (Phi) is 3.56. The molecule has 2 fully saturated rings. The van der Waals surface area contributed by atoms with E-state index in [2.05, 4.69) is 10.1 Å². The summed E-state index contributed by atoms with van der Waals surface area (Å²) < 4.78 is 27.8. The van der Waals surface area contributed by atoms with E-state index in [1.807, 2.05) is 4.90 Å². The number of carboxylic acids is 1. The number of anilines is 1. The first kappa shape index (κ1) is 16.9. The minimum atomic E-state index is -2.54. The number of fused-ring (bicyclic) bond motifs is 1. The lowest BCUT2D eigenvalue weighted by Crippen LogP contribution is -2.28. The summed E-state index contributed by atoms with van der Waals surface area (Å²) in [5.74, 6) is -4.24. The average Bonchev–Trinajstić information content (AvgIpc) is 2.98. The van der Waals surface area contributed by atoms with Gasteiger partial charge in [-0.3, -0.25) is 4.68 Å². The number of rotatable bonds is 4. The van der Waals surface area contributed by atoms with Gasteiger partial charge in [0, 0.05) is 31.4 Å². The van der Waals surface area contributed by atoms with E-state index in [1.54, 1.807) is 19.1 Å². The number of aromatic carboxylic acids is 1. The van der Waals surface area contributed by atoms with Gasteiger partial charge in [-0.15, -0.1) is 0 Å². The highest BCUT2D eigenvalue weighted by molar-refractivity contribution is 5.85. The molecule has 0 aromatic carbocycles. The maximum Gasteiger partial charge on any atom is 0.354 e. The maximum atomic E-state index is 13.3. The number of piperidine rings is 1. The fourth-order valence-corrected chi connectivity index (χ4v) is 3.70. The lowest BCUT2D eigenvalue weighted by molar-refractivity contribution is 0.0684. The summed E-state index contributed by atoms with van der Waals surface area (Å²) in [5, 5.41) is 23.7. The van der Waals surface area contributed by atoms with Crippen LogP contribution in [0.15, 0.2) is 18.2 Å². The molecule has 1 saturated heterocycles. The number of nitrogens with zero attached hydrogens (tertiary/aromatic N) is 4. The quantitative estimate of drug-likeness (QED) is 0.856. The number of alkyl halides is 2. The molecule has 2 aliphatic rings. The van der Waals surface area contributed by atoms with Crippen molar-refractivity contribution >= 4 is 11.8 Å². The second kappa shape index (κ2) is 5.47. The first-order valence-electron chi connectivity index (χ1n) is 8.25. The van der Waals surface area contributed by atoms with E-state index in [4.69, 9.17) is 5.11 Å². The van der Waals surface area contributed by atoms with Gasteiger partial charge in [0.05, 0.1) is 17.5 Å². The van der Waals surface area contributed by atoms with Gasteiger partial charge in [-0.1, -0.05) is 6.07 Å². The zero-order valence-corrected chi connectivity index (χ0v) is 14.2. The second-order valence-corrected chi connectivity index (χ2v) is 6.92. The van der Waals surface area contributed by atoms with E-state index in [0.717, 1.165) is 0 Å². The van der Waals surface area contributed by atoms with Crippen LogP contribution >= 0.6 is 0 Å². The molecule has 2 aromatic heterocycles. The van der Waals surface area contributed by atoms with Gasteiger partial charge in [0.25, 0.3) is 5.92 Å². The van der Waals surface area contributed by atoms with Crippen LogP contribution < -0.4 is 4.90 Å². The minimum Gasteiger partial charge on any atom is -0.477 e. The van der Waals surface area contributed by atoms with Crippen LogP contribution in [0.2, 0.25) is 0 Å². The Balaban J connectivity index is 1.55. The van der Waals surface area contributed by atoms with Crippen molar-refractivity contribution in [3.05, 3.63) is 40.8 Å². The molecular weight excluding hydrogens is 346 g/mol. The van der Waals surface area contributed by atoms with E-state index in [0.29, 0.717) is 17.1 Å². The number of aliphatic hydroxyl groups excluding tert-OH is 1. The van der Waals surface area contributed by atoms with E-state index in [-0.39, 0.29) is 24.5 Å². The molecule has 3 unspecified atom stereocenters. The first-order valence-corrected chi connectivity index (χ1v) is 8.25. The normalized spacial score (nSPS) is 24.4. The molecular formula is C17H18F2N4O3. The summed E-state index contributed by atoms with van der Waals surface area (Å²) in [6, 6.07) is 4.69. The Labute approximate surface area is 147 Å². The number of aromatic nitrogens is 3. The Morgan fingerprint density at radius 3 is 2.54 bits per heavy atom. The third-order valence-corrected chi connectivity index (χ3v) is 5.33. The van der Waals surface area contributed by atoms with Crippen molar-refractivity contribution in [3.8, 4) is 0 Å². The number of carbonyl (C=O) groups is 1. The number of aliphatic hydroxyl groups is 1. The van der Waals surface area contributed by atoms with Gasteiger partial charge >= 0.3 is 5.97 Å². The second-order valence-electron chi connectivity index (χ2n) is 6.92. The Morgan fingerprint density at radius 1 is 1.35 bits per heavy atom. The van der Waals surface area contributed by atoms with Gasteiger partial charge in [0.2, 0.25) is 0 Å². The fraction of sp³-hybridized carbons (Fsp3) is 0.471. The third-order valence-electron chi connectivity index (χ3n) is 5.33. The number of pyridine rings is 1. The maximum absolute atomic E-state index is 13.3. The van der Waals surface area contributed by atoms with E-state index in [9.17, 15) is 18.7 Å². The molecule has 4 rings (SSSR count). The molecule has 2 aromatic rings. The molecule has 138 valence electrons. The van der Waals surface area contributed by atoms with Gasteiger partial charge < -0.3 is 15.1 Å². The molecule has 0 spiro atoms. The fourth-order valence-electron chi connectivity index (χ4n) is 3.70. The Morgan fingerprint density at radius 2 is 2.00 bits per heavy atom. The van der Waals surface area contributed by atoms with Gasteiger partial charge in [0.15, 0.2) is 0 Å².